The van der Waals surface area contributed by atoms with E-state index in [0.29, 0.717) is 38.8 Å². The van der Waals surface area contributed by atoms with E-state index in [1.807, 2.05) is 4.90 Å². The van der Waals surface area contributed by atoms with E-state index in [0.717, 1.165) is 38.5 Å². The molecule has 1 heterocycles. The van der Waals surface area contributed by atoms with Crippen LogP contribution < -0.4 is 5.32 Å². The molecule has 1 saturated heterocycles. The first-order valence-corrected chi connectivity index (χ1v) is 9.59. The first-order valence-electron chi connectivity index (χ1n) is 9.59. The van der Waals surface area contributed by atoms with Crippen molar-refractivity contribution < 1.29 is 19.1 Å². The van der Waals surface area contributed by atoms with Crippen LogP contribution in [0.5, 0.6) is 0 Å². The van der Waals surface area contributed by atoms with Crippen LogP contribution in [0.25, 0.3) is 0 Å². The van der Waals surface area contributed by atoms with Gasteiger partial charge < -0.3 is 19.9 Å². The Labute approximate surface area is 149 Å². The van der Waals surface area contributed by atoms with Gasteiger partial charge in [0.1, 0.15) is 0 Å². The lowest BCUT2D eigenvalue weighted by Gasteiger charge is -2.37. The molecule has 0 aromatic heterocycles. The van der Waals surface area contributed by atoms with E-state index < -0.39 is 0 Å². The van der Waals surface area contributed by atoms with Crippen molar-refractivity contribution in [3.63, 3.8) is 0 Å². The Morgan fingerprint density at radius 1 is 0.880 bits per heavy atom. The minimum atomic E-state index is -0.295. The number of rotatable bonds is 4. The van der Waals surface area contributed by atoms with Gasteiger partial charge in [-0.1, -0.05) is 0 Å². The minimum Gasteiger partial charge on any atom is -0.450 e. The van der Waals surface area contributed by atoms with Crippen molar-refractivity contribution in [1.82, 2.24) is 15.1 Å². The topological polar surface area (TPSA) is 79.0 Å². The van der Waals surface area contributed by atoms with Crippen LogP contribution in [0.3, 0.4) is 0 Å². The lowest BCUT2D eigenvalue weighted by Crippen LogP contribution is -2.52. The van der Waals surface area contributed by atoms with Crippen molar-refractivity contribution in [3.05, 3.63) is 0 Å². The molecule has 0 aromatic rings. The van der Waals surface area contributed by atoms with Gasteiger partial charge in [-0.05, 0) is 45.4 Å². The molecule has 1 aliphatic heterocycles. The molecule has 0 bridgehead atoms. The Hall–Kier alpha value is -1.79. The summed E-state index contributed by atoms with van der Waals surface area (Å²) in [7, 11) is 0. The van der Waals surface area contributed by atoms with Crippen molar-refractivity contribution in [2.75, 3.05) is 32.8 Å². The van der Waals surface area contributed by atoms with Gasteiger partial charge in [-0.25, -0.2) is 4.79 Å². The molecule has 25 heavy (non-hydrogen) atoms. The van der Waals surface area contributed by atoms with Crippen LogP contribution in [0.4, 0.5) is 4.79 Å². The third-order valence-electron chi connectivity index (χ3n) is 5.49. The van der Waals surface area contributed by atoms with Crippen molar-refractivity contribution in [2.24, 2.45) is 11.8 Å². The highest BCUT2D eigenvalue weighted by atomic mass is 16.6. The number of piperazine rings is 1. The van der Waals surface area contributed by atoms with Crippen molar-refractivity contribution in [1.29, 1.82) is 0 Å². The molecule has 3 fully saturated rings. The third kappa shape index (κ3) is 4.64. The zero-order valence-electron chi connectivity index (χ0n) is 15.0. The third-order valence-corrected chi connectivity index (χ3v) is 5.49. The molecule has 3 amide bonds. The second-order valence-electron chi connectivity index (χ2n) is 7.34. The van der Waals surface area contributed by atoms with Crippen LogP contribution >= 0.6 is 0 Å². The number of nitrogens with zero attached hydrogens (tertiary/aromatic N) is 2. The average molecular weight is 351 g/mol. The number of carbonyl (C=O) groups excluding carboxylic acids is 3. The number of nitrogens with one attached hydrogen (secondary N) is 1. The molecule has 0 spiro atoms. The Morgan fingerprint density at radius 2 is 1.44 bits per heavy atom. The lowest BCUT2D eigenvalue weighted by molar-refractivity contribution is -0.139. The molecule has 7 nitrogen and oxygen atoms in total. The van der Waals surface area contributed by atoms with Gasteiger partial charge in [-0.3, -0.25) is 9.59 Å². The summed E-state index contributed by atoms with van der Waals surface area (Å²) in [5.41, 5.74) is 0. The van der Waals surface area contributed by atoms with E-state index >= 15 is 0 Å². The van der Waals surface area contributed by atoms with Gasteiger partial charge in [0.2, 0.25) is 11.8 Å². The predicted octanol–water partition coefficient (Wildman–Crippen LogP) is 1.37. The quantitative estimate of drug-likeness (QED) is 0.830. The van der Waals surface area contributed by atoms with Crippen LogP contribution in [0, 0.1) is 11.8 Å². The van der Waals surface area contributed by atoms with Gasteiger partial charge in [0.05, 0.1) is 6.61 Å². The Bertz CT molecular complexity index is 504. The number of hydrogen-bond donors (Lipinski definition) is 1. The molecule has 0 radical (unpaired) electrons. The maximum Gasteiger partial charge on any atom is 0.409 e. The molecule has 0 aromatic carbocycles. The van der Waals surface area contributed by atoms with Crippen LogP contribution in [0.1, 0.15) is 45.4 Å². The highest BCUT2D eigenvalue weighted by molar-refractivity contribution is 5.81. The molecular formula is C18H29N3O4. The van der Waals surface area contributed by atoms with E-state index in [9.17, 15) is 14.4 Å². The zero-order valence-corrected chi connectivity index (χ0v) is 15.0. The summed E-state index contributed by atoms with van der Waals surface area (Å²) in [6.45, 7) is 4.36. The number of hydrogen-bond acceptors (Lipinski definition) is 4. The zero-order chi connectivity index (χ0) is 17.8. The van der Waals surface area contributed by atoms with Gasteiger partial charge in [0.25, 0.3) is 0 Å². The minimum absolute atomic E-state index is 0.0270. The summed E-state index contributed by atoms with van der Waals surface area (Å²) >= 11 is 0. The molecule has 0 atom stereocenters. The van der Waals surface area contributed by atoms with Crippen LogP contribution in [0.2, 0.25) is 0 Å². The molecule has 0 unspecified atom stereocenters. The predicted molar refractivity (Wildman–Crippen MR) is 91.8 cm³/mol. The highest BCUT2D eigenvalue weighted by Gasteiger charge is 2.35. The van der Waals surface area contributed by atoms with Gasteiger partial charge in [0.15, 0.2) is 0 Å². The van der Waals surface area contributed by atoms with Crippen LogP contribution in [-0.2, 0) is 14.3 Å². The monoisotopic (exact) mass is 351 g/mol. The summed E-state index contributed by atoms with van der Waals surface area (Å²) in [5.74, 6) is 0.463. The molecule has 2 saturated carbocycles. The largest absolute Gasteiger partial charge is 0.450 e. The number of ether oxygens (including phenoxy) is 1. The fraction of sp³-hybridized carbons (Fsp3) is 0.833. The van der Waals surface area contributed by atoms with E-state index in [1.165, 1.54) is 0 Å². The van der Waals surface area contributed by atoms with Gasteiger partial charge in [-0.2, -0.15) is 0 Å². The van der Waals surface area contributed by atoms with Gasteiger partial charge >= 0.3 is 6.09 Å². The Balaban J connectivity index is 1.40. The van der Waals surface area contributed by atoms with Gasteiger partial charge in [-0.15, -0.1) is 0 Å². The van der Waals surface area contributed by atoms with Crippen molar-refractivity contribution in [3.8, 4) is 0 Å². The van der Waals surface area contributed by atoms with E-state index in [2.05, 4.69) is 5.32 Å². The second kappa shape index (κ2) is 8.06. The van der Waals surface area contributed by atoms with E-state index in [4.69, 9.17) is 4.74 Å². The molecule has 2 aliphatic carbocycles. The number of amides is 3. The summed E-state index contributed by atoms with van der Waals surface area (Å²) < 4.78 is 5.01. The standard InChI is InChI=1S/C18H29N3O4/c1-2-25-18(24)21-11-9-20(10-12-21)17(23)14-5-3-13(4-6-14)16(22)19-15-7-8-15/h13-15H,2-12H2,1H3,(H,19,22). The first-order chi connectivity index (χ1) is 12.1. The first kappa shape index (κ1) is 18.0. The fourth-order valence-electron chi connectivity index (χ4n) is 3.73. The smallest absolute Gasteiger partial charge is 0.409 e. The Kier molecular flexibility index (Phi) is 5.81. The summed E-state index contributed by atoms with van der Waals surface area (Å²) in [6, 6.07) is 0.405. The second-order valence-corrected chi connectivity index (χ2v) is 7.34. The summed E-state index contributed by atoms with van der Waals surface area (Å²) in [5, 5.41) is 3.07. The fourth-order valence-corrected chi connectivity index (χ4v) is 3.73. The summed E-state index contributed by atoms with van der Waals surface area (Å²) in [4.78, 5) is 40.1. The maximum atomic E-state index is 12.7. The maximum absolute atomic E-state index is 12.7. The number of carbonyl (C=O) groups is 3. The van der Waals surface area contributed by atoms with Crippen molar-refractivity contribution >= 4 is 17.9 Å². The average Bonchev–Trinajstić information content (AvgIpc) is 3.45. The molecule has 3 aliphatic rings. The van der Waals surface area contributed by atoms with Crippen molar-refractivity contribution in [2.45, 2.75) is 51.5 Å². The van der Waals surface area contributed by atoms with Gasteiger partial charge in [0, 0.05) is 44.1 Å². The highest BCUT2D eigenvalue weighted by Crippen LogP contribution is 2.31. The summed E-state index contributed by atoms with van der Waals surface area (Å²) in [6.07, 6.45) is 5.11. The molecule has 1 N–H and O–H groups in total. The molecule has 140 valence electrons. The van der Waals surface area contributed by atoms with E-state index in [1.54, 1.807) is 11.8 Å². The lowest BCUT2D eigenvalue weighted by atomic mass is 9.81. The SMILES string of the molecule is CCOC(=O)N1CCN(C(=O)C2CCC(C(=O)NC3CC3)CC2)CC1. The van der Waals surface area contributed by atoms with Crippen LogP contribution in [-0.4, -0.2) is 66.5 Å². The van der Waals surface area contributed by atoms with E-state index in [-0.39, 0.29) is 29.7 Å². The van der Waals surface area contributed by atoms with Crippen LogP contribution in [0.15, 0.2) is 0 Å². The molecule has 3 rings (SSSR count). The molecule has 7 heteroatoms. The molecular weight excluding hydrogens is 322 g/mol. The normalized spacial score (nSPS) is 26.9. The Morgan fingerprint density at radius 3 is 2.00 bits per heavy atom.